The van der Waals surface area contributed by atoms with E-state index in [9.17, 15) is 0 Å². The average Bonchev–Trinajstić information content (AvgIpc) is 3.56. The second kappa shape index (κ2) is 7.85. The molecule has 0 N–H and O–H groups in total. The van der Waals surface area contributed by atoms with Gasteiger partial charge >= 0.3 is 0 Å². The Bertz CT molecular complexity index is 1930. The Morgan fingerprint density at radius 3 is 2.37 bits per heavy atom. The maximum Gasteiger partial charge on any atom is 0.143 e. The molecule has 6 aromatic rings. The van der Waals surface area contributed by atoms with Crippen LogP contribution in [-0.4, -0.2) is 0 Å². The van der Waals surface area contributed by atoms with Gasteiger partial charge in [-0.15, -0.1) is 0 Å². The number of hydrogen-bond acceptors (Lipinski definition) is 1. The van der Waals surface area contributed by atoms with Crippen LogP contribution < -0.4 is 0 Å². The van der Waals surface area contributed by atoms with Crippen molar-refractivity contribution in [2.24, 2.45) is 0 Å². The first kappa shape index (κ1) is 22.2. The molecule has 1 spiro atoms. The van der Waals surface area contributed by atoms with E-state index in [0.717, 1.165) is 27.0 Å². The fourth-order valence-corrected chi connectivity index (χ4v) is 7.51. The van der Waals surface area contributed by atoms with Crippen molar-refractivity contribution in [3.8, 4) is 22.3 Å². The number of fused-ring (bicyclic) bond motifs is 14. The molecule has 0 saturated heterocycles. The summed E-state index contributed by atoms with van der Waals surface area (Å²) in [6, 6.07) is 35.5. The number of furan rings is 1. The van der Waals surface area contributed by atoms with Crippen LogP contribution in [0.2, 0.25) is 5.02 Å². The summed E-state index contributed by atoms with van der Waals surface area (Å²) < 4.78 is 6.62. The number of hydrogen-bond donors (Lipinski definition) is 0. The Kier molecular flexibility index (Phi) is 4.59. The molecule has 2 aliphatic carbocycles. The first-order valence-electron chi connectivity index (χ1n) is 13.6. The van der Waals surface area contributed by atoms with Gasteiger partial charge in [-0.25, -0.2) is 0 Å². The lowest BCUT2D eigenvalue weighted by atomic mass is 9.70. The molecule has 0 saturated carbocycles. The van der Waals surface area contributed by atoms with Crippen molar-refractivity contribution in [1.82, 2.24) is 0 Å². The van der Waals surface area contributed by atoms with Crippen molar-refractivity contribution < 1.29 is 4.42 Å². The minimum Gasteiger partial charge on any atom is -0.455 e. The first-order valence-corrected chi connectivity index (χ1v) is 14.0. The van der Waals surface area contributed by atoms with Crippen LogP contribution in [-0.2, 0) is 5.41 Å². The van der Waals surface area contributed by atoms with Crippen LogP contribution in [0.15, 0.2) is 101 Å². The molecule has 2 aliphatic rings. The maximum absolute atomic E-state index is 6.76. The Hall–Kier alpha value is -3.81. The summed E-state index contributed by atoms with van der Waals surface area (Å²) in [7, 11) is 0. The van der Waals surface area contributed by atoms with Crippen molar-refractivity contribution in [3.05, 3.63) is 130 Å². The molecule has 2 atom stereocenters. The fourth-order valence-electron chi connectivity index (χ4n) is 7.34. The summed E-state index contributed by atoms with van der Waals surface area (Å²) >= 11 is 6.76. The van der Waals surface area contributed by atoms with Gasteiger partial charge in [-0.3, -0.25) is 0 Å². The normalized spacial score (nSPS) is 17.6. The lowest BCUT2D eigenvalue weighted by Crippen LogP contribution is -2.26. The molecule has 0 aliphatic heterocycles. The molecule has 0 radical (unpaired) electrons. The van der Waals surface area contributed by atoms with E-state index in [1.165, 1.54) is 62.9 Å². The summed E-state index contributed by atoms with van der Waals surface area (Å²) in [4.78, 5) is 0. The molecule has 0 bridgehead atoms. The highest BCUT2D eigenvalue weighted by Crippen LogP contribution is 2.64. The molecule has 0 amide bonds. The summed E-state index contributed by atoms with van der Waals surface area (Å²) in [6.07, 6.45) is 2.35. The largest absolute Gasteiger partial charge is 0.455 e. The Morgan fingerprint density at radius 1 is 0.711 bits per heavy atom. The molecule has 5 aromatic carbocycles. The molecule has 0 fully saturated rings. The molecular formula is C36H27ClO. The van der Waals surface area contributed by atoms with Crippen LogP contribution in [0.1, 0.15) is 60.4 Å². The van der Waals surface area contributed by atoms with Gasteiger partial charge in [0.1, 0.15) is 11.2 Å². The number of rotatable bonds is 3. The maximum atomic E-state index is 6.76. The van der Waals surface area contributed by atoms with Gasteiger partial charge in [0.15, 0.2) is 0 Å². The smallest absolute Gasteiger partial charge is 0.143 e. The van der Waals surface area contributed by atoms with Crippen molar-refractivity contribution >= 4 is 33.5 Å². The predicted molar refractivity (Wildman–Crippen MR) is 158 cm³/mol. The van der Waals surface area contributed by atoms with Crippen molar-refractivity contribution in [2.75, 3.05) is 0 Å². The minimum atomic E-state index is -0.434. The first-order chi connectivity index (χ1) is 18.6. The van der Waals surface area contributed by atoms with Crippen LogP contribution in [0.5, 0.6) is 0 Å². The highest BCUT2D eigenvalue weighted by molar-refractivity contribution is 6.31. The number of para-hydroxylation sites is 1. The fraction of sp³-hybridized carbons (Fsp3) is 0.167. The third kappa shape index (κ3) is 2.68. The molecule has 8 rings (SSSR count). The van der Waals surface area contributed by atoms with E-state index < -0.39 is 5.41 Å². The topological polar surface area (TPSA) is 13.1 Å². The van der Waals surface area contributed by atoms with Crippen molar-refractivity contribution in [2.45, 2.75) is 38.0 Å². The zero-order chi connectivity index (χ0) is 25.6. The predicted octanol–water partition coefficient (Wildman–Crippen LogP) is 10.5. The quantitative estimate of drug-likeness (QED) is 0.230. The van der Waals surface area contributed by atoms with Gasteiger partial charge in [0.2, 0.25) is 0 Å². The summed E-state index contributed by atoms with van der Waals surface area (Å²) in [5.74, 6) is 0.503. The van der Waals surface area contributed by atoms with Gasteiger partial charge < -0.3 is 4.42 Å². The molecule has 2 unspecified atom stereocenters. The molecule has 38 heavy (non-hydrogen) atoms. The summed E-state index contributed by atoms with van der Waals surface area (Å²) in [6.45, 7) is 4.62. The molecule has 1 heterocycles. The van der Waals surface area contributed by atoms with Crippen LogP contribution in [0.4, 0.5) is 0 Å². The molecule has 2 heteroatoms. The van der Waals surface area contributed by atoms with Crippen LogP contribution in [0.25, 0.3) is 44.2 Å². The molecule has 1 nitrogen and oxygen atoms in total. The zero-order valence-electron chi connectivity index (χ0n) is 21.5. The third-order valence-electron chi connectivity index (χ3n) is 8.97. The highest BCUT2D eigenvalue weighted by atomic mass is 35.5. The second-order valence-electron chi connectivity index (χ2n) is 10.9. The summed E-state index contributed by atoms with van der Waals surface area (Å²) in [5, 5.41) is 3.08. The van der Waals surface area contributed by atoms with E-state index in [1.807, 2.05) is 12.1 Å². The lowest BCUT2D eigenvalue weighted by Gasteiger charge is -2.31. The van der Waals surface area contributed by atoms with Gasteiger partial charge in [-0.1, -0.05) is 111 Å². The van der Waals surface area contributed by atoms with Crippen LogP contribution >= 0.6 is 11.6 Å². The molecule has 184 valence electrons. The van der Waals surface area contributed by atoms with E-state index in [1.54, 1.807) is 0 Å². The Balaban J connectivity index is 1.55. The molecular weight excluding hydrogens is 484 g/mol. The molecule has 1 aromatic heterocycles. The standard InChI is InChI=1S/C36H27ClO/c1-3-8-21(2)22-13-15-25-24-9-4-6-11-29(24)36(31(25)19-22)30-18-17-27-26-10-5-7-12-33(26)38-35(27)34(30)28-16-14-23(37)20-32(28)36/h4-7,9-21H,3,8H2,1-2H3. The Morgan fingerprint density at radius 2 is 1.47 bits per heavy atom. The van der Waals surface area contributed by atoms with Gasteiger partial charge in [0, 0.05) is 21.4 Å². The highest BCUT2D eigenvalue weighted by Gasteiger charge is 2.52. The second-order valence-corrected chi connectivity index (χ2v) is 11.4. The van der Waals surface area contributed by atoms with Crippen LogP contribution in [0.3, 0.4) is 0 Å². The number of halogens is 1. The minimum absolute atomic E-state index is 0.434. The van der Waals surface area contributed by atoms with E-state index in [0.29, 0.717) is 5.92 Å². The van der Waals surface area contributed by atoms with Gasteiger partial charge in [0.25, 0.3) is 0 Å². The van der Waals surface area contributed by atoms with E-state index in [4.69, 9.17) is 16.0 Å². The lowest BCUT2D eigenvalue weighted by molar-refractivity contribution is 0.662. The van der Waals surface area contributed by atoms with Crippen molar-refractivity contribution in [3.63, 3.8) is 0 Å². The third-order valence-corrected chi connectivity index (χ3v) is 9.20. The van der Waals surface area contributed by atoms with Gasteiger partial charge in [-0.05, 0) is 75.0 Å². The Labute approximate surface area is 227 Å². The van der Waals surface area contributed by atoms with E-state index in [-0.39, 0.29) is 0 Å². The summed E-state index contributed by atoms with van der Waals surface area (Å²) in [5.41, 5.74) is 13.1. The van der Waals surface area contributed by atoms with E-state index in [2.05, 4.69) is 98.8 Å². The average molecular weight is 511 g/mol. The van der Waals surface area contributed by atoms with E-state index >= 15 is 0 Å². The van der Waals surface area contributed by atoms with Gasteiger partial charge in [0.05, 0.1) is 5.41 Å². The van der Waals surface area contributed by atoms with Crippen LogP contribution in [0, 0.1) is 0 Å². The number of benzene rings is 5. The SMILES string of the molecule is CCCC(C)c1ccc2c(c1)C1(c3ccccc3-2)c2cc(Cl)ccc2-c2c1ccc1c2oc2ccccc21. The zero-order valence-corrected chi connectivity index (χ0v) is 22.3. The van der Waals surface area contributed by atoms with Gasteiger partial charge in [-0.2, -0.15) is 0 Å². The van der Waals surface area contributed by atoms with Crippen molar-refractivity contribution in [1.29, 1.82) is 0 Å². The monoisotopic (exact) mass is 510 g/mol.